The number of hydrogen-bond donors (Lipinski definition) is 2. The van der Waals surface area contributed by atoms with Crippen LogP contribution in [0.5, 0.6) is 0 Å². The van der Waals surface area contributed by atoms with E-state index >= 15 is 0 Å². The summed E-state index contributed by atoms with van der Waals surface area (Å²) in [5.74, 6) is -2.28. The molecule has 3 rings (SSSR count). The van der Waals surface area contributed by atoms with Gasteiger partial charge < -0.3 is 15.3 Å². The van der Waals surface area contributed by atoms with Gasteiger partial charge in [-0.2, -0.15) is 0 Å². The molecule has 2 N–H and O–H groups in total. The number of likely N-dealkylation sites (tertiary alicyclic amines) is 1. The highest BCUT2D eigenvalue weighted by Gasteiger charge is 2.23. The molecule has 27 heavy (non-hydrogen) atoms. The Balaban J connectivity index is 1.75. The number of anilines is 1. The smallest absolute Gasteiger partial charge is 0.255 e. The minimum absolute atomic E-state index is 0.00217. The monoisotopic (exact) mass is 374 g/mol. The van der Waals surface area contributed by atoms with Crippen molar-refractivity contribution in [1.29, 1.82) is 0 Å². The van der Waals surface area contributed by atoms with Crippen LogP contribution in [-0.2, 0) is 0 Å². The van der Waals surface area contributed by atoms with Gasteiger partial charge in [0, 0.05) is 35.5 Å². The molecule has 0 bridgehead atoms. The first kappa shape index (κ1) is 19.0. The molecule has 0 saturated carbocycles. The van der Waals surface area contributed by atoms with Crippen molar-refractivity contribution < 1.29 is 23.5 Å². The predicted octanol–water partition coefficient (Wildman–Crippen LogP) is 3.12. The molecule has 0 aromatic heterocycles. The molecule has 0 aliphatic carbocycles. The molecule has 1 aliphatic rings. The molecular weight excluding hydrogens is 354 g/mol. The number of rotatable bonds is 3. The van der Waals surface area contributed by atoms with Gasteiger partial charge in [0.05, 0.1) is 6.10 Å². The van der Waals surface area contributed by atoms with Crippen LogP contribution < -0.4 is 5.32 Å². The summed E-state index contributed by atoms with van der Waals surface area (Å²) in [6.45, 7) is 2.22. The Labute approximate surface area is 155 Å². The summed E-state index contributed by atoms with van der Waals surface area (Å²) in [6.07, 6.45) is 0.661. The van der Waals surface area contributed by atoms with Gasteiger partial charge in [-0.25, -0.2) is 8.78 Å². The average Bonchev–Trinajstić information content (AvgIpc) is 2.66. The Kier molecular flexibility index (Phi) is 5.51. The molecule has 1 saturated heterocycles. The van der Waals surface area contributed by atoms with Crippen LogP contribution in [-0.4, -0.2) is 41.0 Å². The highest BCUT2D eigenvalue weighted by Crippen LogP contribution is 2.19. The largest absolute Gasteiger partial charge is 0.393 e. The third-order valence-corrected chi connectivity index (χ3v) is 4.66. The number of carbonyl (C=O) groups excluding carboxylic acids is 2. The van der Waals surface area contributed by atoms with Crippen molar-refractivity contribution in [3.8, 4) is 0 Å². The fourth-order valence-electron chi connectivity index (χ4n) is 2.97. The predicted molar refractivity (Wildman–Crippen MR) is 96.6 cm³/mol. The lowest BCUT2D eigenvalue weighted by Gasteiger charge is -2.29. The molecule has 0 spiro atoms. The second-order valence-corrected chi connectivity index (χ2v) is 6.62. The molecule has 1 heterocycles. The van der Waals surface area contributed by atoms with Gasteiger partial charge in [-0.05, 0) is 50.1 Å². The minimum Gasteiger partial charge on any atom is -0.393 e. The lowest BCUT2D eigenvalue weighted by Crippen LogP contribution is -2.40. The number of amides is 2. The number of aliphatic hydroxyl groups excluding tert-OH is 1. The maximum absolute atomic E-state index is 13.6. The molecule has 2 aromatic rings. The van der Waals surface area contributed by atoms with E-state index in [-0.39, 0.29) is 28.8 Å². The Morgan fingerprint density at radius 3 is 2.30 bits per heavy atom. The SMILES string of the molecule is Cc1c(F)cc(NC(=O)c2cccc(C(=O)N3CCC(O)CC3)c2)cc1F. The second-order valence-electron chi connectivity index (χ2n) is 6.62. The van der Waals surface area contributed by atoms with Crippen LogP contribution in [0.25, 0.3) is 0 Å². The van der Waals surface area contributed by atoms with E-state index in [0.29, 0.717) is 31.5 Å². The number of carbonyl (C=O) groups is 2. The van der Waals surface area contributed by atoms with Crippen LogP contribution in [0.3, 0.4) is 0 Å². The lowest BCUT2D eigenvalue weighted by atomic mass is 10.0. The molecule has 5 nitrogen and oxygen atoms in total. The van der Waals surface area contributed by atoms with Crippen LogP contribution in [0.4, 0.5) is 14.5 Å². The summed E-state index contributed by atoms with van der Waals surface area (Å²) >= 11 is 0. The average molecular weight is 374 g/mol. The number of aliphatic hydroxyl groups is 1. The number of hydrogen-bond acceptors (Lipinski definition) is 3. The molecule has 0 radical (unpaired) electrons. The number of nitrogens with one attached hydrogen (secondary N) is 1. The first-order chi connectivity index (χ1) is 12.8. The van der Waals surface area contributed by atoms with E-state index in [1.165, 1.54) is 19.1 Å². The molecule has 2 amide bonds. The van der Waals surface area contributed by atoms with Crippen LogP contribution in [0.15, 0.2) is 36.4 Å². The Bertz CT molecular complexity index is 854. The van der Waals surface area contributed by atoms with E-state index in [2.05, 4.69) is 5.32 Å². The van der Waals surface area contributed by atoms with Crippen LogP contribution in [0.2, 0.25) is 0 Å². The van der Waals surface area contributed by atoms with E-state index < -0.39 is 17.5 Å². The summed E-state index contributed by atoms with van der Waals surface area (Å²) in [7, 11) is 0. The first-order valence-corrected chi connectivity index (χ1v) is 8.69. The number of halogens is 2. The van der Waals surface area contributed by atoms with Gasteiger partial charge in [0.15, 0.2) is 0 Å². The van der Waals surface area contributed by atoms with Crippen molar-refractivity contribution in [3.63, 3.8) is 0 Å². The zero-order valence-electron chi connectivity index (χ0n) is 14.8. The van der Waals surface area contributed by atoms with Gasteiger partial charge in [-0.1, -0.05) is 6.07 Å². The fourth-order valence-corrected chi connectivity index (χ4v) is 2.97. The van der Waals surface area contributed by atoms with Crippen LogP contribution in [0, 0.1) is 18.6 Å². The van der Waals surface area contributed by atoms with Crippen molar-refractivity contribution in [2.75, 3.05) is 18.4 Å². The quantitative estimate of drug-likeness (QED) is 0.867. The number of nitrogens with zero attached hydrogens (tertiary/aromatic N) is 1. The van der Waals surface area contributed by atoms with Gasteiger partial charge in [-0.15, -0.1) is 0 Å². The minimum atomic E-state index is -0.749. The molecule has 142 valence electrons. The summed E-state index contributed by atoms with van der Waals surface area (Å²) < 4.78 is 27.3. The Morgan fingerprint density at radius 2 is 1.67 bits per heavy atom. The van der Waals surface area contributed by atoms with Gasteiger partial charge in [0.1, 0.15) is 11.6 Å². The van der Waals surface area contributed by atoms with E-state index in [1.807, 2.05) is 0 Å². The van der Waals surface area contributed by atoms with Gasteiger partial charge in [-0.3, -0.25) is 9.59 Å². The molecular formula is C20H20F2N2O3. The van der Waals surface area contributed by atoms with Crippen molar-refractivity contribution >= 4 is 17.5 Å². The van der Waals surface area contributed by atoms with E-state index in [4.69, 9.17) is 0 Å². The second kappa shape index (κ2) is 7.84. The van der Waals surface area contributed by atoms with E-state index in [1.54, 1.807) is 17.0 Å². The molecule has 0 unspecified atom stereocenters. The van der Waals surface area contributed by atoms with Gasteiger partial charge >= 0.3 is 0 Å². The highest BCUT2D eigenvalue weighted by molar-refractivity contribution is 6.06. The van der Waals surface area contributed by atoms with E-state index in [9.17, 15) is 23.5 Å². The van der Waals surface area contributed by atoms with Crippen molar-refractivity contribution in [2.45, 2.75) is 25.9 Å². The summed E-state index contributed by atoms with van der Waals surface area (Å²) in [6, 6.07) is 8.25. The molecule has 2 aromatic carbocycles. The van der Waals surface area contributed by atoms with Crippen LogP contribution in [0.1, 0.15) is 39.1 Å². The topological polar surface area (TPSA) is 69.6 Å². The molecule has 7 heteroatoms. The highest BCUT2D eigenvalue weighted by atomic mass is 19.1. The van der Waals surface area contributed by atoms with Crippen LogP contribution >= 0.6 is 0 Å². The Hall–Kier alpha value is -2.80. The summed E-state index contributed by atoms with van der Waals surface area (Å²) in [5.41, 5.74) is 0.439. The molecule has 0 atom stereocenters. The zero-order valence-corrected chi connectivity index (χ0v) is 14.8. The fraction of sp³-hybridized carbons (Fsp3) is 0.300. The maximum Gasteiger partial charge on any atom is 0.255 e. The Morgan fingerprint density at radius 1 is 1.07 bits per heavy atom. The standard InChI is InChI=1S/C20H20F2N2O3/c1-12-17(21)10-15(11-18(12)22)23-19(26)13-3-2-4-14(9-13)20(27)24-7-5-16(25)6-8-24/h2-4,9-11,16,25H,5-8H2,1H3,(H,23,26). The number of piperidine rings is 1. The lowest BCUT2D eigenvalue weighted by molar-refractivity contribution is 0.0546. The van der Waals surface area contributed by atoms with Gasteiger partial charge in [0.25, 0.3) is 11.8 Å². The molecule has 1 fully saturated rings. The van der Waals surface area contributed by atoms with Crippen molar-refractivity contribution in [1.82, 2.24) is 4.90 Å². The maximum atomic E-state index is 13.6. The molecule has 1 aliphatic heterocycles. The summed E-state index contributed by atoms with van der Waals surface area (Å²) in [5, 5.41) is 12.0. The van der Waals surface area contributed by atoms with Crippen molar-refractivity contribution in [3.05, 3.63) is 64.7 Å². The van der Waals surface area contributed by atoms with Gasteiger partial charge in [0.2, 0.25) is 0 Å². The van der Waals surface area contributed by atoms with Crippen molar-refractivity contribution in [2.24, 2.45) is 0 Å². The van der Waals surface area contributed by atoms with E-state index in [0.717, 1.165) is 12.1 Å². The third kappa shape index (κ3) is 4.31. The summed E-state index contributed by atoms with van der Waals surface area (Å²) in [4.78, 5) is 26.6. The normalized spacial score (nSPS) is 14.9. The number of benzene rings is 2. The zero-order chi connectivity index (χ0) is 19.6. The third-order valence-electron chi connectivity index (χ3n) is 4.66. The first-order valence-electron chi connectivity index (χ1n) is 8.69.